The van der Waals surface area contributed by atoms with Crippen molar-refractivity contribution in [1.29, 1.82) is 0 Å². The predicted molar refractivity (Wildman–Crippen MR) is 103 cm³/mol. The van der Waals surface area contributed by atoms with Crippen molar-refractivity contribution in [2.75, 3.05) is 13.1 Å². The van der Waals surface area contributed by atoms with Gasteiger partial charge in [-0.1, -0.05) is 18.2 Å². The summed E-state index contributed by atoms with van der Waals surface area (Å²) in [5.74, 6) is -0.269. The second kappa shape index (κ2) is 7.15. The first-order valence-corrected chi connectivity index (χ1v) is 9.04. The van der Waals surface area contributed by atoms with Crippen molar-refractivity contribution in [3.63, 3.8) is 0 Å². The van der Waals surface area contributed by atoms with Gasteiger partial charge in [0.15, 0.2) is 0 Å². The van der Waals surface area contributed by atoms with Gasteiger partial charge in [-0.05, 0) is 37.6 Å². The molecule has 6 heteroatoms. The van der Waals surface area contributed by atoms with Crippen LogP contribution in [0.5, 0.6) is 0 Å². The number of aromatic nitrogens is 2. The number of benzene rings is 1. The highest BCUT2D eigenvalue weighted by molar-refractivity contribution is 6.08. The molecule has 1 saturated heterocycles. The van der Waals surface area contributed by atoms with Gasteiger partial charge in [-0.15, -0.1) is 0 Å². The molecule has 1 aromatic carbocycles. The molecule has 4 rings (SSSR count). The van der Waals surface area contributed by atoms with E-state index in [9.17, 15) is 9.59 Å². The topological polar surface area (TPSA) is 75.2 Å². The Balaban J connectivity index is 1.84. The molecule has 1 atom stereocenters. The van der Waals surface area contributed by atoms with Crippen LogP contribution >= 0.6 is 0 Å². The monoisotopic (exact) mass is 360 g/mol. The molecule has 0 radical (unpaired) electrons. The van der Waals surface area contributed by atoms with Crippen LogP contribution in [0.25, 0.3) is 22.2 Å². The van der Waals surface area contributed by atoms with Crippen LogP contribution in [0.2, 0.25) is 0 Å². The number of nitrogens with zero attached hydrogens (tertiary/aromatic N) is 3. The highest BCUT2D eigenvalue weighted by Crippen LogP contribution is 2.26. The van der Waals surface area contributed by atoms with Gasteiger partial charge in [-0.25, -0.2) is 4.98 Å². The highest BCUT2D eigenvalue weighted by Gasteiger charge is 2.29. The Morgan fingerprint density at radius 2 is 2.07 bits per heavy atom. The lowest BCUT2D eigenvalue weighted by atomic mass is 10.0. The normalized spacial score (nSPS) is 17.4. The van der Waals surface area contributed by atoms with Crippen molar-refractivity contribution in [3.8, 4) is 11.3 Å². The third-order valence-corrected chi connectivity index (χ3v) is 4.89. The number of para-hydroxylation sites is 1. The Bertz CT molecular complexity index is 1000. The molecule has 0 aliphatic carbocycles. The fraction of sp³-hybridized carbons (Fsp3) is 0.238. The molecule has 2 aromatic heterocycles. The van der Waals surface area contributed by atoms with Gasteiger partial charge >= 0.3 is 0 Å². The quantitative estimate of drug-likeness (QED) is 0.762. The van der Waals surface area contributed by atoms with Gasteiger partial charge < -0.3 is 10.2 Å². The molecule has 1 N–H and O–H groups in total. The van der Waals surface area contributed by atoms with Crippen molar-refractivity contribution in [3.05, 3.63) is 60.4 Å². The van der Waals surface area contributed by atoms with E-state index in [2.05, 4.69) is 10.3 Å². The van der Waals surface area contributed by atoms with Gasteiger partial charge in [0, 0.05) is 36.4 Å². The molecule has 1 aliphatic heterocycles. The second-order valence-electron chi connectivity index (χ2n) is 6.63. The summed E-state index contributed by atoms with van der Waals surface area (Å²) in [5, 5.41) is 3.64. The Kier molecular flexibility index (Phi) is 4.54. The summed E-state index contributed by atoms with van der Waals surface area (Å²) in [7, 11) is 0. The number of carbonyl (C=O) groups excluding carboxylic acids is 2. The van der Waals surface area contributed by atoms with Crippen LogP contribution in [-0.4, -0.2) is 45.8 Å². The molecule has 27 heavy (non-hydrogen) atoms. The average Bonchev–Trinajstić information content (AvgIpc) is 2.88. The minimum absolute atomic E-state index is 0.119. The fourth-order valence-electron chi connectivity index (χ4n) is 3.39. The maximum Gasteiger partial charge on any atom is 0.255 e. The van der Waals surface area contributed by atoms with E-state index in [1.807, 2.05) is 36.4 Å². The van der Waals surface area contributed by atoms with Gasteiger partial charge in [0.05, 0.1) is 16.8 Å². The van der Waals surface area contributed by atoms with Crippen LogP contribution < -0.4 is 5.32 Å². The molecule has 0 saturated carbocycles. The molecule has 3 aromatic rings. The molecule has 2 amide bonds. The molecule has 0 bridgehead atoms. The average molecular weight is 360 g/mol. The van der Waals surface area contributed by atoms with Crippen molar-refractivity contribution in [2.45, 2.75) is 19.4 Å². The molecule has 1 unspecified atom stereocenters. The van der Waals surface area contributed by atoms with Crippen molar-refractivity contribution in [2.24, 2.45) is 0 Å². The van der Waals surface area contributed by atoms with E-state index in [0.717, 1.165) is 22.9 Å². The van der Waals surface area contributed by atoms with Gasteiger partial charge in [-0.3, -0.25) is 14.6 Å². The maximum absolute atomic E-state index is 13.4. The van der Waals surface area contributed by atoms with E-state index < -0.39 is 6.04 Å². The molecule has 1 fully saturated rings. The summed E-state index contributed by atoms with van der Waals surface area (Å²) in [5.41, 5.74) is 2.84. The van der Waals surface area contributed by atoms with Crippen LogP contribution in [-0.2, 0) is 4.79 Å². The standard InChI is InChI=1S/C21H20N4O2/c1-14-20(26)23-10-5-11-25(14)21(27)17-12-19(15-6-4-9-22-13-15)24-18-8-3-2-7-16(17)18/h2-4,6-9,12-14H,5,10-11H2,1H3,(H,23,26). The van der Waals surface area contributed by atoms with Gasteiger partial charge in [0.25, 0.3) is 5.91 Å². The molecular formula is C21H20N4O2. The largest absolute Gasteiger partial charge is 0.354 e. The minimum Gasteiger partial charge on any atom is -0.354 e. The molecule has 0 spiro atoms. The van der Waals surface area contributed by atoms with Gasteiger partial charge in [-0.2, -0.15) is 0 Å². The zero-order chi connectivity index (χ0) is 18.8. The number of rotatable bonds is 2. The third-order valence-electron chi connectivity index (χ3n) is 4.89. The van der Waals surface area contributed by atoms with E-state index in [1.54, 1.807) is 30.3 Å². The van der Waals surface area contributed by atoms with E-state index >= 15 is 0 Å². The minimum atomic E-state index is -0.506. The number of pyridine rings is 2. The summed E-state index contributed by atoms with van der Waals surface area (Å²) in [4.78, 5) is 36.1. The highest BCUT2D eigenvalue weighted by atomic mass is 16.2. The molecule has 6 nitrogen and oxygen atoms in total. The number of hydrogen-bond donors (Lipinski definition) is 1. The van der Waals surface area contributed by atoms with E-state index in [-0.39, 0.29) is 11.8 Å². The summed E-state index contributed by atoms with van der Waals surface area (Å²) in [6, 6.07) is 12.6. The van der Waals surface area contributed by atoms with Crippen LogP contribution in [0.15, 0.2) is 54.9 Å². The van der Waals surface area contributed by atoms with E-state index in [0.29, 0.717) is 24.3 Å². The van der Waals surface area contributed by atoms with E-state index in [1.165, 1.54) is 0 Å². The Morgan fingerprint density at radius 1 is 1.22 bits per heavy atom. The number of hydrogen-bond acceptors (Lipinski definition) is 4. The van der Waals surface area contributed by atoms with E-state index in [4.69, 9.17) is 4.98 Å². The summed E-state index contributed by atoms with van der Waals surface area (Å²) < 4.78 is 0. The van der Waals surface area contributed by atoms with Gasteiger partial charge in [0.2, 0.25) is 5.91 Å². The number of amides is 2. The molecular weight excluding hydrogens is 340 g/mol. The Morgan fingerprint density at radius 3 is 2.89 bits per heavy atom. The Hall–Kier alpha value is -3.28. The van der Waals surface area contributed by atoms with Crippen LogP contribution in [0, 0.1) is 0 Å². The first-order valence-electron chi connectivity index (χ1n) is 9.04. The predicted octanol–water partition coefficient (Wildman–Crippen LogP) is 2.65. The van der Waals surface area contributed by atoms with Crippen LogP contribution in [0.1, 0.15) is 23.7 Å². The lowest BCUT2D eigenvalue weighted by molar-refractivity contribution is -0.124. The molecule has 1 aliphatic rings. The number of nitrogens with one attached hydrogen (secondary N) is 1. The first-order chi connectivity index (χ1) is 13.1. The van der Waals surface area contributed by atoms with Crippen LogP contribution in [0.4, 0.5) is 0 Å². The lowest BCUT2D eigenvalue weighted by Gasteiger charge is -2.26. The second-order valence-corrected chi connectivity index (χ2v) is 6.63. The van der Waals surface area contributed by atoms with Crippen molar-refractivity contribution >= 4 is 22.7 Å². The summed E-state index contributed by atoms with van der Waals surface area (Å²) in [6.45, 7) is 2.90. The summed E-state index contributed by atoms with van der Waals surface area (Å²) in [6.07, 6.45) is 4.17. The van der Waals surface area contributed by atoms with Crippen molar-refractivity contribution < 1.29 is 9.59 Å². The Labute approximate surface area is 157 Å². The van der Waals surface area contributed by atoms with Crippen molar-refractivity contribution in [1.82, 2.24) is 20.2 Å². The first kappa shape index (κ1) is 17.1. The fourth-order valence-corrected chi connectivity index (χ4v) is 3.39. The van der Waals surface area contributed by atoms with Gasteiger partial charge in [0.1, 0.15) is 6.04 Å². The van der Waals surface area contributed by atoms with Crippen LogP contribution in [0.3, 0.4) is 0 Å². The summed E-state index contributed by atoms with van der Waals surface area (Å²) >= 11 is 0. The zero-order valence-corrected chi connectivity index (χ0v) is 15.1. The molecule has 136 valence electrons. The zero-order valence-electron chi connectivity index (χ0n) is 15.1. The smallest absolute Gasteiger partial charge is 0.255 e. The molecule has 3 heterocycles. The third kappa shape index (κ3) is 3.26. The maximum atomic E-state index is 13.4. The number of carbonyl (C=O) groups is 2. The lowest BCUT2D eigenvalue weighted by Crippen LogP contribution is -2.45. The number of fused-ring (bicyclic) bond motifs is 1. The SMILES string of the molecule is CC1C(=O)NCCCN1C(=O)c1cc(-c2cccnc2)nc2ccccc12.